The third kappa shape index (κ3) is 4.00. The van der Waals surface area contributed by atoms with Gasteiger partial charge in [0.25, 0.3) is 0 Å². The SMILES string of the molecule is COC(=O)NS(=O)(=O)Nc1cc(Cl)ccc1N. The Balaban J connectivity index is 2.90. The lowest BCUT2D eigenvalue weighted by Crippen LogP contribution is -2.35. The highest BCUT2D eigenvalue weighted by atomic mass is 35.5. The second-order valence-electron chi connectivity index (χ2n) is 2.93. The van der Waals surface area contributed by atoms with E-state index in [9.17, 15) is 13.2 Å². The van der Waals surface area contributed by atoms with E-state index in [1.165, 1.54) is 18.2 Å². The second-order valence-corrected chi connectivity index (χ2v) is 4.78. The molecule has 0 heterocycles. The fraction of sp³-hybridized carbons (Fsp3) is 0.125. The van der Waals surface area contributed by atoms with Gasteiger partial charge < -0.3 is 10.5 Å². The Labute approximate surface area is 103 Å². The Hall–Kier alpha value is -1.67. The minimum absolute atomic E-state index is 0.0638. The van der Waals surface area contributed by atoms with Crippen LogP contribution in [-0.4, -0.2) is 21.6 Å². The Bertz CT molecular complexity index is 532. The van der Waals surface area contributed by atoms with Crippen molar-refractivity contribution in [1.82, 2.24) is 4.72 Å². The van der Waals surface area contributed by atoms with E-state index in [1.54, 1.807) is 4.72 Å². The number of hydrogen-bond donors (Lipinski definition) is 3. The molecule has 0 aliphatic heterocycles. The zero-order chi connectivity index (χ0) is 13.1. The molecule has 17 heavy (non-hydrogen) atoms. The van der Waals surface area contributed by atoms with Crippen molar-refractivity contribution in [3.63, 3.8) is 0 Å². The van der Waals surface area contributed by atoms with Gasteiger partial charge in [0.15, 0.2) is 0 Å². The molecule has 1 amide bonds. The van der Waals surface area contributed by atoms with Gasteiger partial charge >= 0.3 is 16.3 Å². The fourth-order valence-electron chi connectivity index (χ4n) is 0.939. The molecule has 9 heteroatoms. The van der Waals surface area contributed by atoms with Crippen LogP contribution in [0.4, 0.5) is 16.2 Å². The molecule has 0 unspecified atom stereocenters. The maximum absolute atomic E-state index is 11.4. The molecule has 1 aromatic carbocycles. The van der Waals surface area contributed by atoms with Gasteiger partial charge in [0.05, 0.1) is 18.5 Å². The van der Waals surface area contributed by atoms with Crippen molar-refractivity contribution in [3.05, 3.63) is 23.2 Å². The van der Waals surface area contributed by atoms with Gasteiger partial charge in [0.2, 0.25) is 0 Å². The van der Waals surface area contributed by atoms with Gasteiger partial charge in [-0.15, -0.1) is 0 Å². The average Bonchev–Trinajstić information content (AvgIpc) is 2.22. The molecule has 94 valence electrons. The Morgan fingerprint density at radius 2 is 2.12 bits per heavy atom. The van der Waals surface area contributed by atoms with E-state index in [4.69, 9.17) is 17.3 Å². The first-order valence-electron chi connectivity index (χ1n) is 4.27. The minimum Gasteiger partial charge on any atom is -0.452 e. The van der Waals surface area contributed by atoms with Gasteiger partial charge in [-0.05, 0) is 18.2 Å². The number of carbonyl (C=O) groups excluding carboxylic acids is 1. The lowest BCUT2D eigenvalue weighted by Gasteiger charge is -2.10. The van der Waals surface area contributed by atoms with E-state index in [2.05, 4.69) is 4.74 Å². The molecule has 1 rings (SSSR count). The van der Waals surface area contributed by atoms with Gasteiger partial charge in [0, 0.05) is 5.02 Å². The van der Waals surface area contributed by atoms with Crippen LogP contribution in [0.15, 0.2) is 18.2 Å². The standard InChI is InChI=1S/C8H10ClN3O4S/c1-16-8(13)12-17(14,15)11-7-4-5(9)2-3-6(7)10/h2-4,11H,10H2,1H3,(H,12,13). The second kappa shape index (κ2) is 5.11. The molecule has 0 atom stereocenters. The fourth-order valence-corrected chi connectivity index (χ4v) is 1.93. The quantitative estimate of drug-likeness (QED) is 0.713. The molecule has 0 fully saturated rings. The van der Waals surface area contributed by atoms with Crippen molar-refractivity contribution in [3.8, 4) is 0 Å². The summed E-state index contributed by atoms with van der Waals surface area (Å²) in [7, 11) is -3.06. The van der Waals surface area contributed by atoms with Crippen LogP contribution in [0.2, 0.25) is 5.02 Å². The largest absolute Gasteiger partial charge is 0.452 e. The average molecular weight is 280 g/mol. The van der Waals surface area contributed by atoms with Gasteiger partial charge in [0.1, 0.15) is 0 Å². The van der Waals surface area contributed by atoms with Crippen molar-refractivity contribution in [2.24, 2.45) is 0 Å². The summed E-state index contributed by atoms with van der Waals surface area (Å²) in [5, 5.41) is 0.301. The number of benzene rings is 1. The van der Waals surface area contributed by atoms with Crippen LogP contribution in [0, 0.1) is 0 Å². The highest BCUT2D eigenvalue weighted by Gasteiger charge is 2.15. The first kappa shape index (κ1) is 13.4. The Morgan fingerprint density at radius 3 is 2.71 bits per heavy atom. The third-order valence-electron chi connectivity index (χ3n) is 1.66. The van der Waals surface area contributed by atoms with Crippen LogP contribution in [0.5, 0.6) is 0 Å². The van der Waals surface area contributed by atoms with E-state index >= 15 is 0 Å². The maximum atomic E-state index is 11.4. The number of halogens is 1. The zero-order valence-electron chi connectivity index (χ0n) is 8.73. The van der Waals surface area contributed by atoms with Crippen molar-refractivity contribution >= 4 is 39.3 Å². The monoisotopic (exact) mass is 279 g/mol. The molecule has 0 saturated carbocycles. The van der Waals surface area contributed by atoms with Crippen molar-refractivity contribution in [2.45, 2.75) is 0 Å². The number of nitrogens with one attached hydrogen (secondary N) is 2. The molecule has 0 radical (unpaired) electrons. The molecule has 0 aromatic heterocycles. The van der Waals surface area contributed by atoms with Crippen molar-refractivity contribution in [2.75, 3.05) is 17.6 Å². The van der Waals surface area contributed by atoms with E-state index in [-0.39, 0.29) is 11.4 Å². The first-order chi connectivity index (χ1) is 7.84. The highest BCUT2D eigenvalue weighted by molar-refractivity contribution is 7.91. The van der Waals surface area contributed by atoms with Gasteiger partial charge in [-0.2, -0.15) is 8.42 Å². The number of methoxy groups -OCH3 is 1. The molecule has 0 aliphatic carbocycles. The zero-order valence-corrected chi connectivity index (χ0v) is 10.3. The number of carbonyl (C=O) groups is 1. The number of nitrogen functional groups attached to an aromatic ring is 1. The number of anilines is 2. The predicted octanol–water partition coefficient (Wildman–Crippen LogP) is 0.935. The third-order valence-corrected chi connectivity index (χ3v) is 2.82. The molecule has 4 N–H and O–H groups in total. The Morgan fingerprint density at radius 1 is 1.47 bits per heavy atom. The lowest BCUT2D eigenvalue weighted by molar-refractivity contribution is 0.177. The summed E-state index contributed by atoms with van der Waals surface area (Å²) in [4.78, 5) is 10.8. The van der Waals surface area contributed by atoms with Gasteiger partial charge in [-0.1, -0.05) is 11.6 Å². The molecule has 0 saturated heterocycles. The maximum Gasteiger partial charge on any atom is 0.422 e. The lowest BCUT2D eigenvalue weighted by atomic mass is 10.3. The van der Waals surface area contributed by atoms with Crippen LogP contribution >= 0.6 is 11.6 Å². The summed E-state index contributed by atoms with van der Waals surface area (Å²) < 4.78 is 30.6. The molecular weight excluding hydrogens is 270 g/mol. The van der Waals surface area contributed by atoms with E-state index in [1.807, 2.05) is 4.72 Å². The van der Waals surface area contributed by atoms with Crippen LogP contribution in [0.1, 0.15) is 0 Å². The smallest absolute Gasteiger partial charge is 0.422 e. The predicted molar refractivity (Wildman–Crippen MR) is 63.9 cm³/mol. The van der Waals surface area contributed by atoms with Crippen molar-refractivity contribution < 1.29 is 17.9 Å². The first-order valence-corrected chi connectivity index (χ1v) is 6.13. The van der Waals surface area contributed by atoms with E-state index < -0.39 is 16.3 Å². The number of nitrogens with two attached hydrogens (primary N) is 1. The summed E-state index contributed by atoms with van der Waals surface area (Å²) in [6.45, 7) is 0. The summed E-state index contributed by atoms with van der Waals surface area (Å²) in [5.41, 5.74) is 5.77. The summed E-state index contributed by atoms with van der Waals surface area (Å²) in [6.07, 6.45) is -1.11. The summed E-state index contributed by atoms with van der Waals surface area (Å²) >= 11 is 5.68. The normalized spacial score (nSPS) is 10.7. The number of hydrogen-bond acceptors (Lipinski definition) is 5. The number of ether oxygens (including phenoxy) is 1. The molecule has 0 spiro atoms. The van der Waals surface area contributed by atoms with E-state index in [0.29, 0.717) is 5.02 Å². The summed E-state index contributed by atoms with van der Waals surface area (Å²) in [5.74, 6) is 0. The molecular formula is C8H10ClN3O4S. The van der Waals surface area contributed by atoms with Gasteiger partial charge in [-0.3, -0.25) is 4.72 Å². The topological polar surface area (TPSA) is 111 Å². The molecule has 0 aliphatic rings. The molecule has 7 nitrogen and oxygen atoms in total. The molecule has 0 bridgehead atoms. The van der Waals surface area contributed by atoms with Crippen LogP contribution in [0.25, 0.3) is 0 Å². The van der Waals surface area contributed by atoms with Gasteiger partial charge in [-0.25, -0.2) is 9.52 Å². The number of amides is 1. The van der Waals surface area contributed by atoms with E-state index in [0.717, 1.165) is 7.11 Å². The minimum atomic E-state index is -4.10. The van der Waals surface area contributed by atoms with Crippen LogP contribution in [-0.2, 0) is 14.9 Å². The Kier molecular flexibility index (Phi) is 4.02. The van der Waals surface area contributed by atoms with Crippen LogP contribution in [0.3, 0.4) is 0 Å². The van der Waals surface area contributed by atoms with Crippen molar-refractivity contribution in [1.29, 1.82) is 0 Å². The molecule has 1 aromatic rings. The number of rotatable bonds is 3. The summed E-state index contributed by atoms with van der Waals surface area (Å²) in [6, 6.07) is 4.24. The highest BCUT2D eigenvalue weighted by Crippen LogP contribution is 2.23. The van der Waals surface area contributed by atoms with Crippen LogP contribution < -0.4 is 15.2 Å².